The second-order valence-corrected chi connectivity index (χ2v) is 4.56. The third-order valence-electron chi connectivity index (χ3n) is 3.63. The first kappa shape index (κ1) is 10.4. The maximum atomic E-state index is 10.2. The van der Waals surface area contributed by atoms with Gasteiger partial charge in [0.25, 0.3) is 0 Å². The molecule has 0 fully saturated rings. The first-order valence-corrected chi connectivity index (χ1v) is 5.68. The van der Waals surface area contributed by atoms with Gasteiger partial charge in [0.2, 0.25) is 6.54 Å². The van der Waals surface area contributed by atoms with E-state index in [0.29, 0.717) is 18.3 Å². The number of nitro groups is 1. The second kappa shape index (κ2) is 4.17. The maximum Gasteiger partial charge on any atom is 0.203 e. The van der Waals surface area contributed by atoms with Gasteiger partial charge in [0.1, 0.15) is 0 Å². The van der Waals surface area contributed by atoms with Crippen molar-refractivity contribution >= 4 is 0 Å². The minimum Gasteiger partial charge on any atom is -0.265 e. The molecule has 2 aliphatic rings. The Hall–Kier alpha value is -1.12. The summed E-state index contributed by atoms with van der Waals surface area (Å²) < 4.78 is 0. The molecule has 3 nitrogen and oxygen atoms in total. The SMILES string of the molecule is CC1=C(CCCC[N+](=O)[O-])C2C=CC1C2. The lowest BCUT2D eigenvalue weighted by atomic mass is 9.94. The molecule has 2 bridgehead atoms. The Labute approximate surface area is 90.0 Å². The predicted molar refractivity (Wildman–Crippen MR) is 59.1 cm³/mol. The summed E-state index contributed by atoms with van der Waals surface area (Å²) in [5.74, 6) is 1.34. The number of nitrogens with zero attached hydrogens (tertiary/aromatic N) is 1. The maximum absolute atomic E-state index is 10.2. The number of allylic oxidation sites excluding steroid dienone is 4. The lowest BCUT2D eigenvalue weighted by Gasteiger charge is -2.12. The molecule has 0 aliphatic heterocycles. The number of hydrogen-bond acceptors (Lipinski definition) is 2. The third-order valence-corrected chi connectivity index (χ3v) is 3.63. The van der Waals surface area contributed by atoms with Crippen LogP contribution in [0.1, 0.15) is 32.6 Å². The van der Waals surface area contributed by atoms with E-state index in [1.54, 1.807) is 5.57 Å². The van der Waals surface area contributed by atoms with Gasteiger partial charge in [-0.2, -0.15) is 0 Å². The lowest BCUT2D eigenvalue weighted by molar-refractivity contribution is -0.480. The van der Waals surface area contributed by atoms with Gasteiger partial charge >= 0.3 is 0 Å². The highest BCUT2D eigenvalue weighted by Crippen LogP contribution is 2.45. The normalized spacial score (nSPS) is 27.8. The first-order valence-electron chi connectivity index (χ1n) is 5.68. The Kier molecular flexibility index (Phi) is 2.89. The molecular formula is C12H17NO2. The van der Waals surface area contributed by atoms with Gasteiger partial charge < -0.3 is 0 Å². The highest BCUT2D eigenvalue weighted by Gasteiger charge is 2.31. The minimum atomic E-state index is -0.220. The van der Waals surface area contributed by atoms with Crippen LogP contribution in [-0.4, -0.2) is 11.5 Å². The van der Waals surface area contributed by atoms with Gasteiger partial charge in [-0.1, -0.05) is 23.3 Å². The largest absolute Gasteiger partial charge is 0.265 e. The summed E-state index contributed by atoms with van der Waals surface area (Å²) in [5, 5.41) is 10.2. The zero-order valence-corrected chi connectivity index (χ0v) is 9.11. The zero-order chi connectivity index (χ0) is 10.8. The third kappa shape index (κ3) is 2.11. The van der Waals surface area contributed by atoms with E-state index in [-0.39, 0.29) is 11.5 Å². The molecule has 0 aromatic heterocycles. The lowest BCUT2D eigenvalue weighted by Crippen LogP contribution is -2.02. The van der Waals surface area contributed by atoms with E-state index in [4.69, 9.17) is 0 Å². The molecule has 82 valence electrons. The van der Waals surface area contributed by atoms with Crippen molar-refractivity contribution in [3.05, 3.63) is 33.4 Å². The van der Waals surface area contributed by atoms with Crippen LogP contribution in [0.15, 0.2) is 23.3 Å². The molecule has 0 amide bonds. The van der Waals surface area contributed by atoms with Crippen molar-refractivity contribution in [2.45, 2.75) is 32.6 Å². The Morgan fingerprint density at radius 2 is 2.13 bits per heavy atom. The van der Waals surface area contributed by atoms with E-state index in [1.165, 1.54) is 12.0 Å². The van der Waals surface area contributed by atoms with E-state index in [0.717, 1.165) is 12.8 Å². The topological polar surface area (TPSA) is 43.1 Å². The molecule has 0 aromatic carbocycles. The molecule has 2 rings (SSSR count). The molecule has 0 saturated heterocycles. The predicted octanol–water partition coefficient (Wildman–Crippen LogP) is 2.96. The fourth-order valence-corrected chi connectivity index (χ4v) is 2.75. The fraction of sp³-hybridized carbons (Fsp3) is 0.667. The van der Waals surface area contributed by atoms with E-state index >= 15 is 0 Å². The molecule has 0 heterocycles. The Bertz CT molecular complexity index is 331. The molecule has 0 aromatic rings. The van der Waals surface area contributed by atoms with Crippen molar-refractivity contribution < 1.29 is 4.92 Å². The van der Waals surface area contributed by atoms with E-state index in [1.807, 2.05) is 0 Å². The summed E-state index contributed by atoms with van der Waals surface area (Å²) in [4.78, 5) is 9.95. The van der Waals surface area contributed by atoms with Crippen LogP contribution in [0.2, 0.25) is 0 Å². The number of fused-ring (bicyclic) bond motifs is 2. The van der Waals surface area contributed by atoms with Crippen LogP contribution in [0.4, 0.5) is 0 Å². The first-order chi connectivity index (χ1) is 7.18. The van der Waals surface area contributed by atoms with Crippen molar-refractivity contribution in [3.63, 3.8) is 0 Å². The molecule has 2 unspecified atom stereocenters. The number of unbranched alkanes of at least 4 members (excludes halogenated alkanes) is 1. The van der Waals surface area contributed by atoms with Crippen LogP contribution in [0.25, 0.3) is 0 Å². The quantitative estimate of drug-likeness (QED) is 0.301. The molecule has 15 heavy (non-hydrogen) atoms. The molecule has 0 saturated carbocycles. The highest BCUT2D eigenvalue weighted by molar-refractivity contribution is 5.36. The smallest absolute Gasteiger partial charge is 0.203 e. The summed E-state index contributed by atoms with van der Waals surface area (Å²) in [6.45, 7) is 2.34. The summed E-state index contributed by atoms with van der Waals surface area (Å²) in [6, 6.07) is 0. The van der Waals surface area contributed by atoms with Crippen LogP contribution in [-0.2, 0) is 0 Å². The van der Waals surface area contributed by atoms with Crippen LogP contribution in [0, 0.1) is 22.0 Å². The van der Waals surface area contributed by atoms with Crippen LogP contribution < -0.4 is 0 Å². The average molecular weight is 207 g/mol. The van der Waals surface area contributed by atoms with Crippen LogP contribution in [0.5, 0.6) is 0 Å². The highest BCUT2D eigenvalue weighted by atomic mass is 16.6. The number of hydrogen-bond donors (Lipinski definition) is 0. The van der Waals surface area contributed by atoms with Crippen molar-refractivity contribution in [2.24, 2.45) is 11.8 Å². The van der Waals surface area contributed by atoms with Gasteiger partial charge in [-0.05, 0) is 38.0 Å². The Morgan fingerprint density at radius 3 is 2.73 bits per heavy atom. The second-order valence-electron chi connectivity index (χ2n) is 4.56. The molecule has 0 spiro atoms. The summed E-state index contributed by atoms with van der Waals surface area (Å²) in [5.41, 5.74) is 3.09. The van der Waals surface area contributed by atoms with Crippen molar-refractivity contribution in [3.8, 4) is 0 Å². The van der Waals surface area contributed by atoms with Gasteiger partial charge in [-0.25, -0.2) is 0 Å². The van der Waals surface area contributed by atoms with Gasteiger partial charge in [-0.3, -0.25) is 10.1 Å². The molecule has 3 heteroatoms. The van der Waals surface area contributed by atoms with Gasteiger partial charge in [0.15, 0.2) is 0 Å². The van der Waals surface area contributed by atoms with Crippen LogP contribution in [0.3, 0.4) is 0 Å². The fourth-order valence-electron chi connectivity index (χ4n) is 2.75. The Morgan fingerprint density at radius 1 is 1.40 bits per heavy atom. The standard InChI is InChI=1S/C12H17NO2/c1-9-10-5-6-11(8-10)12(9)4-2-3-7-13(14)15/h5-6,10-11H,2-4,7-8H2,1H3. The van der Waals surface area contributed by atoms with E-state index < -0.39 is 0 Å². The Balaban J connectivity index is 1.78. The van der Waals surface area contributed by atoms with Gasteiger partial charge in [-0.15, -0.1) is 0 Å². The van der Waals surface area contributed by atoms with Crippen molar-refractivity contribution in [1.29, 1.82) is 0 Å². The summed E-state index contributed by atoms with van der Waals surface area (Å²) in [6.07, 6.45) is 8.61. The van der Waals surface area contributed by atoms with Crippen molar-refractivity contribution in [2.75, 3.05) is 6.54 Å². The van der Waals surface area contributed by atoms with E-state index in [9.17, 15) is 10.1 Å². The average Bonchev–Trinajstić information content (AvgIpc) is 2.74. The monoisotopic (exact) mass is 207 g/mol. The van der Waals surface area contributed by atoms with E-state index in [2.05, 4.69) is 19.1 Å². The van der Waals surface area contributed by atoms with Crippen LogP contribution >= 0.6 is 0 Å². The summed E-state index contributed by atoms with van der Waals surface area (Å²) in [7, 11) is 0. The number of rotatable bonds is 5. The molecule has 0 N–H and O–H groups in total. The minimum absolute atomic E-state index is 0.121. The van der Waals surface area contributed by atoms with Gasteiger partial charge in [0.05, 0.1) is 0 Å². The van der Waals surface area contributed by atoms with Crippen molar-refractivity contribution in [1.82, 2.24) is 0 Å². The zero-order valence-electron chi connectivity index (χ0n) is 9.11. The molecule has 2 aliphatic carbocycles. The molecule has 0 radical (unpaired) electrons. The van der Waals surface area contributed by atoms with Gasteiger partial charge in [0, 0.05) is 11.3 Å². The summed E-state index contributed by atoms with van der Waals surface area (Å²) >= 11 is 0. The molecule has 2 atom stereocenters. The molecular weight excluding hydrogens is 190 g/mol.